The van der Waals surface area contributed by atoms with Crippen molar-refractivity contribution in [2.24, 2.45) is 0 Å². The number of hydrogen-bond donors (Lipinski definition) is 1. The fourth-order valence-corrected chi connectivity index (χ4v) is 0.825. The van der Waals surface area contributed by atoms with Crippen LogP contribution in [-0.4, -0.2) is 4.98 Å². The molecule has 0 aliphatic carbocycles. The molecule has 0 spiro atoms. The van der Waals surface area contributed by atoms with E-state index in [0.717, 1.165) is 0 Å². The summed E-state index contributed by atoms with van der Waals surface area (Å²) in [6.45, 7) is -5.00. The summed E-state index contributed by atoms with van der Waals surface area (Å²) < 4.78 is 42.6. The summed E-state index contributed by atoms with van der Waals surface area (Å²) in [5.41, 5.74) is 4.86. The lowest BCUT2D eigenvalue weighted by molar-refractivity contribution is 1.24. The highest BCUT2D eigenvalue weighted by Gasteiger charge is 1.96. The van der Waals surface area contributed by atoms with Crippen LogP contribution >= 0.6 is 11.3 Å². The van der Waals surface area contributed by atoms with E-state index in [9.17, 15) is 0 Å². The van der Waals surface area contributed by atoms with Crippen LogP contribution in [0.1, 0.15) is 18.8 Å². The molecule has 2 N–H and O–H groups in total. The standard InChI is InChI=1S/C5H8N2S/c1-3-4(2)8-5(6)7-3/h1-2H3,(H2,6,7)/i1D3,2D3. The number of aromatic nitrogens is 1. The van der Waals surface area contributed by atoms with Gasteiger partial charge in [0.1, 0.15) is 0 Å². The first-order valence-corrected chi connectivity index (χ1v) is 2.71. The van der Waals surface area contributed by atoms with Gasteiger partial charge in [0.25, 0.3) is 0 Å². The van der Waals surface area contributed by atoms with Crippen molar-refractivity contribution >= 4 is 16.5 Å². The summed E-state index contributed by atoms with van der Waals surface area (Å²) in [6.07, 6.45) is 0. The Morgan fingerprint density at radius 1 is 1.75 bits per heavy atom. The SMILES string of the molecule is [2H]C([2H])([2H])c1nc(N)sc1C([2H])([2H])[2H]. The second-order valence-corrected chi connectivity index (χ2v) is 2.26. The Bertz CT molecular complexity index is 305. The van der Waals surface area contributed by atoms with Crippen molar-refractivity contribution < 1.29 is 8.22 Å². The van der Waals surface area contributed by atoms with Crippen molar-refractivity contribution in [1.82, 2.24) is 4.98 Å². The van der Waals surface area contributed by atoms with Crippen molar-refractivity contribution in [3.05, 3.63) is 10.6 Å². The lowest BCUT2D eigenvalue weighted by Crippen LogP contribution is -1.80. The van der Waals surface area contributed by atoms with Gasteiger partial charge in [0.05, 0.1) is 5.69 Å². The van der Waals surface area contributed by atoms with Gasteiger partial charge in [-0.3, -0.25) is 0 Å². The third-order valence-electron chi connectivity index (χ3n) is 0.644. The molecule has 0 aromatic carbocycles. The van der Waals surface area contributed by atoms with Gasteiger partial charge in [-0.05, 0) is 13.7 Å². The molecule has 1 aromatic rings. The molecular formula is C5H8N2S. The van der Waals surface area contributed by atoms with Crippen molar-refractivity contribution in [2.75, 3.05) is 5.73 Å². The highest BCUT2D eigenvalue weighted by Crippen LogP contribution is 2.16. The van der Waals surface area contributed by atoms with Crippen LogP contribution in [0.15, 0.2) is 0 Å². The van der Waals surface area contributed by atoms with Crippen molar-refractivity contribution in [3.63, 3.8) is 0 Å². The fraction of sp³-hybridized carbons (Fsp3) is 0.400. The van der Waals surface area contributed by atoms with Gasteiger partial charge in [-0.15, -0.1) is 11.3 Å². The summed E-state index contributed by atoms with van der Waals surface area (Å²) in [4.78, 5) is 3.27. The Morgan fingerprint density at radius 2 is 2.62 bits per heavy atom. The molecule has 2 nitrogen and oxygen atoms in total. The minimum atomic E-state index is -2.53. The number of anilines is 1. The number of hydrogen-bond acceptors (Lipinski definition) is 3. The predicted octanol–water partition coefficient (Wildman–Crippen LogP) is 1.34. The zero-order valence-corrected chi connectivity index (χ0v) is 4.75. The van der Waals surface area contributed by atoms with Crippen molar-refractivity contribution in [2.45, 2.75) is 13.7 Å². The molecule has 44 valence electrons. The Balaban J connectivity index is 3.31. The molecule has 0 saturated carbocycles. The molecule has 0 fully saturated rings. The number of nitrogens with two attached hydrogens (primary N) is 1. The van der Waals surface area contributed by atoms with Crippen LogP contribution in [0, 0.1) is 13.7 Å². The zero-order valence-electron chi connectivity index (χ0n) is 9.93. The van der Waals surface area contributed by atoms with Gasteiger partial charge in [-0.1, -0.05) is 0 Å². The van der Waals surface area contributed by atoms with Crippen LogP contribution in [0.25, 0.3) is 0 Å². The van der Waals surface area contributed by atoms with E-state index in [1.54, 1.807) is 0 Å². The molecular weight excluding hydrogens is 120 g/mol. The molecule has 3 heteroatoms. The highest BCUT2D eigenvalue weighted by atomic mass is 32.1. The quantitative estimate of drug-likeness (QED) is 0.581. The summed E-state index contributed by atoms with van der Waals surface area (Å²) in [5, 5.41) is -0.0396. The number of aryl methyl sites for hydroxylation is 2. The van der Waals surface area contributed by atoms with Gasteiger partial charge >= 0.3 is 0 Å². The normalized spacial score (nSPS) is 24.0. The van der Waals surface area contributed by atoms with E-state index in [1.807, 2.05) is 0 Å². The average molecular weight is 134 g/mol. The first-order chi connectivity index (χ1) is 6.12. The van der Waals surface area contributed by atoms with Crippen LogP contribution in [0.4, 0.5) is 5.13 Å². The number of nitrogens with zero attached hydrogens (tertiary/aromatic N) is 1. The number of thiazole rings is 1. The zero-order chi connectivity index (χ0) is 11.1. The minimum Gasteiger partial charge on any atom is -0.375 e. The van der Waals surface area contributed by atoms with Crippen LogP contribution in [0.2, 0.25) is 0 Å². The van der Waals surface area contributed by atoms with E-state index in [0.29, 0.717) is 11.3 Å². The average Bonchev–Trinajstić information content (AvgIpc) is 2.27. The minimum absolute atomic E-state index is 0.0396. The topological polar surface area (TPSA) is 38.9 Å². The molecule has 0 radical (unpaired) electrons. The van der Waals surface area contributed by atoms with Gasteiger partial charge in [0, 0.05) is 13.1 Å². The molecule has 0 bridgehead atoms. The van der Waals surface area contributed by atoms with E-state index in [-0.39, 0.29) is 10.0 Å². The molecule has 1 aromatic heterocycles. The van der Waals surface area contributed by atoms with Crippen LogP contribution in [0.3, 0.4) is 0 Å². The van der Waals surface area contributed by atoms with E-state index in [4.69, 9.17) is 14.0 Å². The van der Waals surface area contributed by atoms with Crippen molar-refractivity contribution in [1.29, 1.82) is 0 Å². The maximum atomic E-state index is 7.11. The Hall–Kier alpha value is -0.570. The second kappa shape index (κ2) is 1.74. The largest absolute Gasteiger partial charge is 0.375 e. The van der Waals surface area contributed by atoms with Crippen molar-refractivity contribution in [3.8, 4) is 0 Å². The predicted molar refractivity (Wildman–Crippen MR) is 36.0 cm³/mol. The van der Waals surface area contributed by atoms with E-state index in [2.05, 4.69) is 4.98 Å². The molecule has 0 aliphatic rings. The smallest absolute Gasteiger partial charge is 0.180 e. The number of rotatable bonds is 0. The molecule has 0 amide bonds. The molecule has 0 atom stereocenters. The molecule has 0 saturated heterocycles. The molecule has 8 heavy (non-hydrogen) atoms. The summed E-state index contributed by atoms with van der Waals surface area (Å²) in [5.74, 6) is 0. The van der Waals surface area contributed by atoms with E-state index < -0.39 is 19.4 Å². The van der Waals surface area contributed by atoms with Crippen LogP contribution < -0.4 is 5.73 Å². The Kier molecular flexibility index (Phi) is 0.371. The van der Waals surface area contributed by atoms with Gasteiger partial charge < -0.3 is 5.73 Å². The monoisotopic (exact) mass is 134 g/mol. The molecule has 0 unspecified atom stereocenters. The molecule has 1 heterocycles. The summed E-state index contributed by atoms with van der Waals surface area (Å²) >= 11 is 0.692. The highest BCUT2D eigenvalue weighted by molar-refractivity contribution is 7.15. The lowest BCUT2D eigenvalue weighted by atomic mass is 10.4. The first kappa shape index (κ1) is 1.70. The molecule has 1 rings (SSSR count). The fourth-order valence-electron chi connectivity index (χ4n) is 0.337. The van der Waals surface area contributed by atoms with Gasteiger partial charge in [0.15, 0.2) is 5.13 Å². The first-order valence-electron chi connectivity index (χ1n) is 4.89. The van der Waals surface area contributed by atoms with Gasteiger partial charge in [-0.25, -0.2) is 4.98 Å². The molecule has 0 aliphatic heterocycles. The van der Waals surface area contributed by atoms with E-state index >= 15 is 0 Å². The summed E-state index contributed by atoms with van der Waals surface area (Å²) in [7, 11) is 0. The maximum Gasteiger partial charge on any atom is 0.180 e. The maximum absolute atomic E-state index is 7.11. The Labute approximate surface area is 60.8 Å². The van der Waals surface area contributed by atoms with Crippen LogP contribution in [-0.2, 0) is 0 Å². The van der Waals surface area contributed by atoms with Gasteiger partial charge in [-0.2, -0.15) is 0 Å². The lowest BCUT2D eigenvalue weighted by Gasteiger charge is -1.77. The van der Waals surface area contributed by atoms with Gasteiger partial charge in [0.2, 0.25) is 0 Å². The number of nitrogen functional groups attached to an aromatic ring is 1. The second-order valence-electron chi connectivity index (χ2n) is 1.23. The third kappa shape index (κ3) is 0.816. The summed E-state index contributed by atoms with van der Waals surface area (Å²) in [6, 6.07) is 0. The third-order valence-corrected chi connectivity index (χ3v) is 1.34. The van der Waals surface area contributed by atoms with Crippen LogP contribution in [0.5, 0.6) is 0 Å². The Morgan fingerprint density at radius 3 is 3.12 bits per heavy atom. The van der Waals surface area contributed by atoms with E-state index in [1.165, 1.54) is 0 Å².